The van der Waals surface area contributed by atoms with E-state index >= 15 is 0 Å². The second-order valence-corrected chi connectivity index (χ2v) is 7.07. The number of nitrogens with one attached hydrogen (secondary N) is 1. The highest BCUT2D eigenvalue weighted by Gasteiger charge is 2.36. The molecular formula is C20H17ClN2O4. The molecule has 1 unspecified atom stereocenters. The molecule has 6 nitrogen and oxygen atoms in total. The average molecular weight is 385 g/mol. The van der Waals surface area contributed by atoms with Crippen molar-refractivity contribution in [3.63, 3.8) is 0 Å². The lowest BCUT2D eigenvalue weighted by Gasteiger charge is -2.35. The van der Waals surface area contributed by atoms with Crippen molar-refractivity contribution in [2.24, 2.45) is 0 Å². The van der Waals surface area contributed by atoms with Crippen LogP contribution in [0.5, 0.6) is 11.5 Å². The maximum atomic E-state index is 12.5. The van der Waals surface area contributed by atoms with E-state index in [9.17, 15) is 4.79 Å². The summed E-state index contributed by atoms with van der Waals surface area (Å²) in [4.78, 5) is 17.7. The number of benzene rings is 2. The number of H-pyrrole nitrogens is 1. The zero-order valence-electron chi connectivity index (χ0n) is 14.6. The van der Waals surface area contributed by atoms with E-state index in [1.165, 1.54) is 12.7 Å². The molecule has 0 fully saturated rings. The smallest absolute Gasteiger partial charge is 0.410 e. The maximum absolute atomic E-state index is 12.5. The number of hydrogen-bond donors (Lipinski definition) is 1. The van der Waals surface area contributed by atoms with Crippen molar-refractivity contribution >= 4 is 28.6 Å². The number of amides is 1. The van der Waals surface area contributed by atoms with E-state index in [0.29, 0.717) is 23.1 Å². The van der Waals surface area contributed by atoms with Crippen LogP contribution in [0, 0.1) is 0 Å². The van der Waals surface area contributed by atoms with E-state index < -0.39 is 0 Å². The number of aromatic amines is 1. The van der Waals surface area contributed by atoms with Crippen LogP contribution >= 0.6 is 11.6 Å². The fraction of sp³-hybridized carbons (Fsp3) is 0.250. The van der Waals surface area contributed by atoms with Crippen LogP contribution in [0.2, 0.25) is 5.02 Å². The van der Waals surface area contributed by atoms with Gasteiger partial charge in [-0.2, -0.15) is 0 Å². The lowest BCUT2D eigenvalue weighted by molar-refractivity contribution is 0.108. The van der Waals surface area contributed by atoms with E-state index in [2.05, 4.69) is 4.98 Å². The summed E-state index contributed by atoms with van der Waals surface area (Å²) < 4.78 is 16.0. The van der Waals surface area contributed by atoms with Gasteiger partial charge >= 0.3 is 6.09 Å². The number of rotatable bonds is 1. The monoisotopic (exact) mass is 384 g/mol. The summed E-state index contributed by atoms with van der Waals surface area (Å²) in [6.45, 7) is 0.762. The summed E-state index contributed by atoms with van der Waals surface area (Å²) in [5, 5.41) is 1.78. The van der Waals surface area contributed by atoms with Crippen molar-refractivity contribution in [1.29, 1.82) is 0 Å². The molecule has 0 aliphatic carbocycles. The first kappa shape index (κ1) is 16.3. The summed E-state index contributed by atoms with van der Waals surface area (Å²) in [5.74, 6) is 1.39. The first-order valence-electron chi connectivity index (χ1n) is 8.70. The predicted octanol–water partition coefficient (Wildman–Crippen LogP) is 4.26. The topological polar surface area (TPSA) is 63.8 Å². The Hall–Kier alpha value is -2.86. The molecule has 1 amide bonds. The summed E-state index contributed by atoms with van der Waals surface area (Å²) in [6.07, 6.45) is 0.367. The minimum atomic E-state index is -0.361. The lowest BCUT2D eigenvalue weighted by atomic mass is 9.92. The second kappa shape index (κ2) is 6.09. The van der Waals surface area contributed by atoms with Gasteiger partial charge in [-0.3, -0.25) is 4.90 Å². The number of methoxy groups -OCH3 is 1. The molecule has 7 heteroatoms. The highest BCUT2D eigenvalue weighted by Crippen LogP contribution is 2.42. The predicted molar refractivity (Wildman–Crippen MR) is 101 cm³/mol. The summed E-state index contributed by atoms with van der Waals surface area (Å²) in [5.41, 5.74) is 4.09. The third-order valence-electron chi connectivity index (χ3n) is 5.21. The maximum Gasteiger partial charge on any atom is 0.410 e. The van der Waals surface area contributed by atoms with E-state index in [1.54, 1.807) is 4.90 Å². The van der Waals surface area contributed by atoms with Crippen LogP contribution in [-0.4, -0.2) is 36.4 Å². The summed E-state index contributed by atoms with van der Waals surface area (Å²) in [6, 6.07) is 11.3. The van der Waals surface area contributed by atoms with Gasteiger partial charge in [0, 0.05) is 28.2 Å². The number of fused-ring (bicyclic) bond motifs is 4. The van der Waals surface area contributed by atoms with E-state index in [1.807, 2.05) is 36.4 Å². The third kappa shape index (κ3) is 2.51. The van der Waals surface area contributed by atoms with E-state index in [0.717, 1.165) is 28.6 Å². The van der Waals surface area contributed by atoms with Gasteiger partial charge in [0.1, 0.15) is 6.04 Å². The molecule has 1 atom stereocenters. The molecule has 0 bridgehead atoms. The molecule has 0 saturated carbocycles. The van der Waals surface area contributed by atoms with Crippen LogP contribution < -0.4 is 9.47 Å². The Kier molecular flexibility index (Phi) is 3.68. The molecule has 3 heterocycles. The van der Waals surface area contributed by atoms with Gasteiger partial charge in [-0.1, -0.05) is 17.7 Å². The molecule has 0 radical (unpaired) electrons. The quantitative estimate of drug-likeness (QED) is 0.680. The Morgan fingerprint density at radius 2 is 2.07 bits per heavy atom. The largest absolute Gasteiger partial charge is 0.454 e. The molecule has 2 aliphatic heterocycles. The molecule has 2 aliphatic rings. The van der Waals surface area contributed by atoms with Crippen molar-refractivity contribution in [2.75, 3.05) is 20.4 Å². The van der Waals surface area contributed by atoms with Gasteiger partial charge in [0.2, 0.25) is 6.79 Å². The fourth-order valence-electron chi connectivity index (χ4n) is 4.00. The molecular weight excluding hydrogens is 368 g/mol. The first-order chi connectivity index (χ1) is 13.2. The molecule has 1 aromatic heterocycles. The van der Waals surface area contributed by atoms with Crippen molar-refractivity contribution < 1.29 is 19.0 Å². The summed E-state index contributed by atoms with van der Waals surface area (Å²) >= 11 is 6.21. The van der Waals surface area contributed by atoms with Gasteiger partial charge in [0.15, 0.2) is 11.5 Å². The van der Waals surface area contributed by atoms with Gasteiger partial charge in [0.25, 0.3) is 0 Å². The standard InChI is InChI=1S/C20H17ClN2O4/c1-25-20(24)23-7-6-13-14-9-12(21)3-4-15(14)22-18(13)19(23)11-2-5-16-17(8-11)27-10-26-16/h2-5,8-9,19,22H,6-7,10H2,1H3. The zero-order valence-corrected chi connectivity index (χ0v) is 15.4. The van der Waals surface area contributed by atoms with Gasteiger partial charge in [0.05, 0.1) is 7.11 Å². The van der Waals surface area contributed by atoms with Crippen molar-refractivity contribution in [3.8, 4) is 11.5 Å². The first-order valence-corrected chi connectivity index (χ1v) is 9.07. The lowest BCUT2D eigenvalue weighted by Crippen LogP contribution is -2.40. The molecule has 0 spiro atoms. The second-order valence-electron chi connectivity index (χ2n) is 6.64. The summed E-state index contributed by atoms with van der Waals surface area (Å²) in [7, 11) is 1.40. The van der Waals surface area contributed by atoms with Crippen molar-refractivity contribution in [1.82, 2.24) is 9.88 Å². The number of hydrogen-bond acceptors (Lipinski definition) is 4. The molecule has 5 rings (SSSR count). The van der Waals surface area contributed by atoms with Gasteiger partial charge in [-0.15, -0.1) is 0 Å². The highest BCUT2D eigenvalue weighted by molar-refractivity contribution is 6.31. The Bertz CT molecular complexity index is 1060. The van der Waals surface area contributed by atoms with Crippen LogP contribution in [0.1, 0.15) is 22.9 Å². The van der Waals surface area contributed by atoms with Crippen LogP contribution in [0.3, 0.4) is 0 Å². The minimum absolute atomic E-state index is 0.209. The van der Waals surface area contributed by atoms with E-state index in [4.69, 9.17) is 25.8 Å². The number of nitrogens with zero attached hydrogens (tertiary/aromatic N) is 1. The van der Waals surface area contributed by atoms with Gasteiger partial charge in [-0.25, -0.2) is 4.79 Å². The fourth-order valence-corrected chi connectivity index (χ4v) is 4.18. The van der Waals surface area contributed by atoms with Crippen LogP contribution in [-0.2, 0) is 11.2 Å². The number of halogens is 1. The Morgan fingerprint density at radius 3 is 2.93 bits per heavy atom. The molecule has 3 aromatic rings. The third-order valence-corrected chi connectivity index (χ3v) is 5.45. The van der Waals surface area contributed by atoms with E-state index in [-0.39, 0.29) is 18.9 Å². The number of aromatic nitrogens is 1. The average Bonchev–Trinajstić information content (AvgIpc) is 3.30. The highest BCUT2D eigenvalue weighted by atomic mass is 35.5. The number of ether oxygens (including phenoxy) is 3. The minimum Gasteiger partial charge on any atom is -0.454 e. The Labute approximate surface area is 160 Å². The number of carbonyl (C=O) groups excluding carboxylic acids is 1. The molecule has 0 saturated heterocycles. The Balaban J connectivity index is 1.70. The zero-order chi connectivity index (χ0) is 18.5. The van der Waals surface area contributed by atoms with Crippen LogP contribution in [0.25, 0.3) is 10.9 Å². The van der Waals surface area contributed by atoms with Crippen LogP contribution in [0.15, 0.2) is 36.4 Å². The van der Waals surface area contributed by atoms with Crippen molar-refractivity contribution in [3.05, 3.63) is 58.2 Å². The number of carbonyl (C=O) groups is 1. The molecule has 1 N–H and O–H groups in total. The molecule has 2 aromatic carbocycles. The molecule has 27 heavy (non-hydrogen) atoms. The Morgan fingerprint density at radius 1 is 1.22 bits per heavy atom. The molecule has 138 valence electrons. The normalized spacial score (nSPS) is 17.9. The van der Waals surface area contributed by atoms with Crippen molar-refractivity contribution in [2.45, 2.75) is 12.5 Å². The SMILES string of the molecule is COC(=O)N1CCc2c([nH]c3ccc(Cl)cc23)C1c1ccc2c(c1)OCO2. The van der Waals surface area contributed by atoms with Gasteiger partial charge in [-0.05, 0) is 47.9 Å². The van der Waals surface area contributed by atoms with Gasteiger partial charge < -0.3 is 19.2 Å². The van der Waals surface area contributed by atoms with Crippen LogP contribution in [0.4, 0.5) is 4.79 Å².